The lowest BCUT2D eigenvalue weighted by Crippen LogP contribution is -1.95. The Hall–Kier alpha value is -2.17. The number of carboxylic acids is 1. The Bertz CT molecular complexity index is 823. The maximum absolute atomic E-state index is 11.5. The molecule has 0 aliphatic carbocycles. The summed E-state index contributed by atoms with van der Waals surface area (Å²) in [5.74, 6) is -0.965. The van der Waals surface area contributed by atoms with Gasteiger partial charge in [0.15, 0.2) is 0 Å². The van der Waals surface area contributed by atoms with E-state index >= 15 is 0 Å². The molecule has 2 aromatic carbocycles. The topological polar surface area (TPSA) is 50.2 Å². The zero-order chi connectivity index (χ0) is 15.7. The van der Waals surface area contributed by atoms with E-state index in [-0.39, 0.29) is 4.88 Å². The Labute approximate surface area is 136 Å². The lowest BCUT2D eigenvalue weighted by atomic mass is 10.1. The number of aryl methyl sites for hydroxylation is 1. The second-order valence-electron chi connectivity index (χ2n) is 4.87. The molecule has 1 N–H and O–H groups in total. The predicted octanol–water partition coefficient (Wildman–Crippen LogP) is 5.14. The number of nitrogens with zero attached hydrogens (tertiary/aromatic N) is 1. The zero-order valence-electron chi connectivity index (χ0n) is 11.7. The quantitative estimate of drug-likeness (QED) is 0.724. The summed E-state index contributed by atoms with van der Waals surface area (Å²) in [4.78, 5) is 16.3. The minimum atomic E-state index is -0.965. The molecule has 22 heavy (non-hydrogen) atoms. The van der Waals surface area contributed by atoms with E-state index in [1.165, 1.54) is 11.3 Å². The Morgan fingerprint density at radius 2 is 1.64 bits per heavy atom. The summed E-state index contributed by atoms with van der Waals surface area (Å²) in [7, 11) is 0. The van der Waals surface area contributed by atoms with Gasteiger partial charge in [0.1, 0.15) is 9.88 Å². The highest BCUT2D eigenvalue weighted by Crippen LogP contribution is 2.34. The molecule has 1 aromatic heterocycles. The molecule has 3 nitrogen and oxygen atoms in total. The first-order chi connectivity index (χ1) is 10.5. The summed E-state index contributed by atoms with van der Waals surface area (Å²) in [5, 5.41) is 10.7. The van der Waals surface area contributed by atoms with Gasteiger partial charge in [-0.3, -0.25) is 0 Å². The van der Waals surface area contributed by atoms with Crippen molar-refractivity contribution in [3.63, 3.8) is 0 Å². The van der Waals surface area contributed by atoms with Crippen LogP contribution in [-0.2, 0) is 0 Å². The van der Waals surface area contributed by atoms with Crippen molar-refractivity contribution in [1.29, 1.82) is 0 Å². The van der Waals surface area contributed by atoms with Crippen LogP contribution >= 0.6 is 22.9 Å². The van der Waals surface area contributed by atoms with Gasteiger partial charge in [0.25, 0.3) is 0 Å². The van der Waals surface area contributed by atoms with Crippen molar-refractivity contribution in [2.45, 2.75) is 6.92 Å². The molecule has 3 rings (SSSR count). The Morgan fingerprint density at radius 1 is 1.05 bits per heavy atom. The number of carbonyl (C=O) groups is 1. The molecular weight excluding hydrogens is 318 g/mol. The van der Waals surface area contributed by atoms with Gasteiger partial charge in [-0.15, -0.1) is 11.3 Å². The van der Waals surface area contributed by atoms with E-state index in [4.69, 9.17) is 11.6 Å². The third-order valence-corrected chi connectivity index (χ3v) is 4.58. The monoisotopic (exact) mass is 329 g/mol. The molecule has 0 fully saturated rings. The molecular formula is C17H12ClNO2S. The standard InChI is InChI=1S/C17H12ClNO2S/c1-10-2-4-11(5-3-10)14-15(17(20)21)22-16(19-14)12-6-8-13(18)9-7-12/h2-9H,1H3,(H,20,21). The van der Waals surface area contributed by atoms with E-state index in [1.807, 2.05) is 43.3 Å². The van der Waals surface area contributed by atoms with Crippen molar-refractivity contribution in [2.24, 2.45) is 0 Å². The molecule has 0 atom stereocenters. The Balaban J connectivity index is 2.11. The Morgan fingerprint density at radius 3 is 2.23 bits per heavy atom. The van der Waals surface area contributed by atoms with Crippen molar-refractivity contribution in [3.8, 4) is 21.8 Å². The van der Waals surface area contributed by atoms with Gasteiger partial charge in [0, 0.05) is 16.1 Å². The summed E-state index contributed by atoms with van der Waals surface area (Å²) in [6.45, 7) is 1.99. The minimum Gasteiger partial charge on any atom is -0.477 e. The number of rotatable bonds is 3. The molecule has 0 radical (unpaired) electrons. The molecule has 0 aliphatic heterocycles. The lowest BCUT2D eigenvalue weighted by molar-refractivity contribution is 0.0702. The van der Waals surface area contributed by atoms with Crippen LogP contribution in [0.1, 0.15) is 15.2 Å². The maximum Gasteiger partial charge on any atom is 0.348 e. The fourth-order valence-corrected chi connectivity index (χ4v) is 3.15. The first-order valence-electron chi connectivity index (χ1n) is 6.61. The maximum atomic E-state index is 11.5. The molecule has 1 heterocycles. The number of aromatic nitrogens is 1. The molecule has 0 spiro atoms. The summed E-state index contributed by atoms with van der Waals surface area (Å²) in [6, 6.07) is 14.9. The average molecular weight is 330 g/mol. The molecule has 110 valence electrons. The van der Waals surface area contributed by atoms with Gasteiger partial charge in [0.2, 0.25) is 0 Å². The smallest absolute Gasteiger partial charge is 0.348 e. The van der Waals surface area contributed by atoms with Gasteiger partial charge in [0.05, 0.1) is 5.69 Å². The van der Waals surface area contributed by atoms with Gasteiger partial charge in [-0.25, -0.2) is 9.78 Å². The Kier molecular flexibility index (Phi) is 3.96. The number of halogens is 1. The van der Waals surface area contributed by atoms with Gasteiger partial charge in [-0.05, 0) is 19.1 Å². The summed E-state index contributed by atoms with van der Waals surface area (Å²) < 4.78 is 0. The van der Waals surface area contributed by atoms with E-state index < -0.39 is 5.97 Å². The predicted molar refractivity (Wildman–Crippen MR) is 89.7 cm³/mol. The highest BCUT2D eigenvalue weighted by molar-refractivity contribution is 7.17. The largest absolute Gasteiger partial charge is 0.477 e. The van der Waals surface area contributed by atoms with Crippen LogP contribution in [0.25, 0.3) is 21.8 Å². The van der Waals surface area contributed by atoms with Crippen molar-refractivity contribution in [1.82, 2.24) is 4.98 Å². The average Bonchev–Trinajstić information content (AvgIpc) is 2.94. The molecule has 0 unspecified atom stereocenters. The molecule has 0 saturated carbocycles. The van der Waals surface area contributed by atoms with Gasteiger partial charge in [-0.1, -0.05) is 53.6 Å². The number of aromatic carboxylic acids is 1. The number of hydrogen-bond acceptors (Lipinski definition) is 3. The highest BCUT2D eigenvalue weighted by atomic mass is 35.5. The van der Waals surface area contributed by atoms with Crippen LogP contribution in [-0.4, -0.2) is 16.1 Å². The number of thiazole rings is 1. The molecule has 3 aromatic rings. The summed E-state index contributed by atoms with van der Waals surface area (Å²) >= 11 is 7.06. The third-order valence-electron chi connectivity index (χ3n) is 3.24. The second-order valence-corrected chi connectivity index (χ2v) is 6.31. The van der Waals surface area contributed by atoms with Crippen LogP contribution in [0.15, 0.2) is 48.5 Å². The van der Waals surface area contributed by atoms with Crippen LogP contribution in [0, 0.1) is 6.92 Å². The highest BCUT2D eigenvalue weighted by Gasteiger charge is 2.19. The minimum absolute atomic E-state index is 0.244. The summed E-state index contributed by atoms with van der Waals surface area (Å²) in [5.41, 5.74) is 3.28. The third kappa shape index (κ3) is 2.89. The van der Waals surface area contributed by atoms with E-state index in [0.29, 0.717) is 15.7 Å². The second kappa shape index (κ2) is 5.91. The fourth-order valence-electron chi connectivity index (χ4n) is 2.09. The van der Waals surface area contributed by atoms with Crippen LogP contribution in [0.2, 0.25) is 5.02 Å². The molecule has 0 aliphatic rings. The number of hydrogen-bond donors (Lipinski definition) is 1. The van der Waals surface area contributed by atoms with Crippen molar-refractivity contribution in [2.75, 3.05) is 0 Å². The lowest BCUT2D eigenvalue weighted by Gasteiger charge is -1.99. The van der Waals surface area contributed by atoms with Crippen LogP contribution in [0.3, 0.4) is 0 Å². The molecule has 0 saturated heterocycles. The normalized spacial score (nSPS) is 10.6. The molecule has 0 bridgehead atoms. The number of benzene rings is 2. The van der Waals surface area contributed by atoms with Crippen LogP contribution in [0.4, 0.5) is 0 Å². The van der Waals surface area contributed by atoms with Crippen LogP contribution < -0.4 is 0 Å². The molecule has 5 heteroatoms. The first-order valence-corrected chi connectivity index (χ1v) is 7.81. The van der Waals surface area contributed by atoms with E-state index in [2.05, 4.69) is 4.98 Å². The van der Waals surface area contributed by atoms with Crippen molar-refractivity contribution in [3.05, 3.63) is 64.0 Å². The van der Waals surface area contributed by atoms with Crippen molar-refractivity contribution >= 4 is 28.9 Å². The zero-order valence-corrected chi connectivity index (χ0v) is 13.3. The SMILES string of the molecule is Cc1ccc(-c2nc(-c3ccc(Cl)cc3)sc2C(=O)O)cc1. The molecule has 0 amide bonds. The van der Waals surface area contributed by atoms with Gasteiger partial charge < -0.3 is 5.11 Å². The van der Waals surface area contributed by atoms with E-state index in [9.17, 15) is 9.90 Å². The van der Waals surface area contributed by atoms with Gasteiger partial charge >= 0.3 is 5.97 Å². The van der Waals surface area contributed by atoms with E-state index in [1.54, 1.807) is 12.1 Å². The van der Waals surface area contributed by atoms with Crippen molar-refractivity contribution < 1.29 is 9.90 Å². The fraction of sp³-hybridized carbons (Fsp3) is 0.0588. The number of carboxylic acid groups (broad SMARTS) is 1. The van der Waals surface area contributed by atoms with Gasteiger partial charge in [-0.2, -0.15) is 0 Å². The first kappa shape index (κ1) is 14.8. The van der Waals surface area contributed by atoms with Crippen LogP contribution in [0.5, 0.6) is 0 Å². The van der Waals surface area contributed by atoms with E-state index in [0.717, 1.165) is 16.7 Å². The summed E-state index contributed by atoms with van der Waals surface area (Å²) in [6.07, 6.45) is 0.